The monoisotopic (exact) mass is 505 g/mol. The molecule has 3 aromatic carbocycles. The third kappa shape index (κ3) is 4.69. The first kappa shape index (κ1) is 25.3. The van der Waals surface area contributed by atoms with Gasteiger partial charge >= 0.3 is 0 Å². The fraction of sp³-hybridized carbons (Fsp3) is 0.241. The van der Waals surface area contributed by atoms with Gasteiger partial charge in [-0.05, 0) is 54.3 Å². The summed E-state index contributed by atoms with van der Waals surface area (Å²) >= 11 is 6.28. The fourth-order valence-electron chi connectivity index (χ4n) is 4.34. The molecule has 4 rings (SSSR count). The molecule has 1 unspecified atom stereocenters. The molecule has 0 radical (unpaired) electrons. The minimum atomic E-state index is -0.844. The van der Waals surface area contributed by atoms with Gasteiger partial charge in [0.15, 0.2) is 0 Å². The Labute approximate surface area is 215 Å². The minimum Gasteiger partial charge on any atom is -0.507 e. The van der Waals surface area contributed by atoms with Crippen LogP contribution in [0.2, 0.25) is 5.02 Å². The quantitative estimate of drug-likeness (QED) is 0.225. The summed E-state index contributed by atoms with van der Waals surface area (Å²) in [4.78, 5) is 28.2. The van der Waals surface area contributed by atoms with Crippen LogP contribution in [0.4, 0.5) is 5.69 Å². The average molecular weight is 506 g/mol. The van der Waals surface area contributed by atoms with Gasteiger partial charge in [-0.2, -0.15) is 0 Å². The van der Waals surface area contributed by atoms with E-state index in [4.69, 9.17) is 21.1 Å². The van der Waals surface area contributed by atoms with Crippen LogP contribution in [-0.2, 0) is 9.59 Å². The van der Waals surface area contributed by atoms with Gasteiger partial charge in [-0.25, -0.2) is 0 Å². The van der Waals surface area contributed by atoms with Crippen molar-refractivity contribution in [1.82, 2.24) is 0 Å². The number of carbonyl (C=O) groups excluding carboxylic acids is 2. The number of rotatable bonds is 7. The number of carbonyl (C=O) groups is 2. The second-order valence-electron chi connectivity index (χ2n) is 8.77. The number of Topliss-reactive ketones (excluding diaryl/α,β-unsaturated/α-hetero) is 1. The predicted octanol–water partition coefficient (Wildman–Crippen LogP) is 6.50. The molecule has 0 spiro atoms. The van der Waals surface area contributed by atoms with E-state index in [0.29, 0.717) is 40.8 Å². The van der Waals surface area contributed by atoms with Gasteiger partial charge in [0.2, 0.25) is 0 Å². The van der Waals surface area contributed by atoms with Crippen LogP contribution in [0, 0.1) is 0 Å². The summed E-state index contributed by atoms with van der Waals surface area (Å²) in [6.07, 6.45) is 0. The third-order valence-electron chi connectivity index (χ3n) is 6.20. The number of anilines is 1. The highest BCUT2D eigenvalue weighted by atomic mass is 35.5. The zero-order valence-electron chi connectivity index (χ0n) is 20.6. The van der Waals surface area contributed by atoms with Crippen molar-refractivity contribution in [3.63, 3.8) is 0 Å². The molecule has 186 valence electrons. The second-order valence-corrected chi connectivity index (χ2v) is 9.18. The van der Waals surface area contributed by atoms with Crippen molar-refractivity contribution >= 4 is 34.7 Å². The molecule has 0 bridgehead atoms. The highest BCUT2D eigenvalue weighted by Crippen LogP contribution is 2.43. The minimum absolute atomic E-state index is 0.0136. The standard InChI is InChI=1S/C29H28ClNO5/c1-5-36-22-8-6-7-21(16-22)31-26(19-11-9-18(10-12-19)17(2)3)25(28(33)29(31)34)27(32)20-13-14-24(35-4)23(30)15-20/h6-17,26,32H,5H2,1-4H3/b27-25+. The zero-order chi connectivity index (χ0) is 26.0. The molecule has 1 fully saturated rings. The Kier molecular flexibility index (Phi) is 7.36. The molecule has 1 amide bonds. The van der Waals surface area contributed by atoms with Gasteiger partial charge in [-0.3, -0.25) is 14.5 Å². The van der Waals surface area contributed by atoms with Crippen molar-refractivity contribution in [1.29, 1.82) is 0 Å². The number of methoxy groups -OCH3 is 1. The van der Waals surface area contributed by atoms with Crippen molar-refractivity contribution in [3.8, 4) is 11.5 Å². The van der Waals surface area contributed by atoms with E-state index >= 15 is 0 Å². The van der Waals surface area contributed by atoms with E-state index in [0.717, 1.165) is 5.56 Å². The Morgan fingerprint density at radius 1 is 1.06 bits per heavy atom. The first-order chi connectivity index (χ1) is 17.3. The molecule has 1 saturated heterocycles. The Bertz CT molecular complexity index is 1330. The molecular formula is C29H28ClNO5. The molecular weight excluding hydrogens is 478 g/mol. The van der Waals surface area contributed by atoms with Crippen molar-refractivity contribution in [2.75, 3.05) is 18.6 Å². The molecule has 1 aliphatic rings. The molecule has 36 heavy (non-hydrogen) atoms. The lowest BCUT2D eigenvalue weighted by atomic mass is 9.93. The topological polar surface area (TPSA) is 76.1 Å². The van der Waals surface area contributed by atoms with Gasteiger partial charge < -0.3 is 14.6 Å². The molecule has 0 aromatic heterocycles. The number of ether oxygens (including phenoxy) is 2. The third-order valence-corrected chi connectivity index (χ3v) is 6.49. The van der Waals surface area contributed by atoms with Crippen molar-refractivity contribution < 1.29 is 24.2 Å². The summed E-state index contributed by atoms with van der Waals surface area (Å²) in [5.41, 5.74) is 2.61. The lowest BCUT2D eigenvalue weighted by Gasteiger charge is -2.26. The number of benzene rings is 3. The number of aliphatic hydroxyl groups is 1. The summed E-state index contributed by atoms with van der Waals surface area (Å²) in [6, 6.07) is 18.6. The maximum atomic E-state index is 13.4. The molecule has 1 heterocycles. The maximum absolute atomic E-state index is 13.4. The van der Waals surface area contributed by atoms with Crippen LogP contribution < -0.4 is 14.4 Å². The van der Waals surface area contributed by atoms with Crippen molar-refractivity contribution in [3.05, 3.63) is 94.0 Å². The first-order valence-corrected chi connectivity index (χ1v) is 12.1. The molecule has 0 aliphatic carbocycles. The SMILES string of the molecule is CCOc1cccc(N2C(=O)C(=O)/C(=C(/O)c3ccc(OC)c(Cl)c3)C2c2ccc(C(C)C)cc2)c1. The highest BCUT2D eigenvalue weighted by molar-refractivity contribution is 6.51. The molecule has 1 aliphatic heterocycles. The summed E-state index contributed by atoms with van der Waals surface area (Å²) < 4.78 is 10.8. The molecule has 1 N–H and O–H groups in total. The van der Waals surface area contributed by atoms with Gasteiger partial charge in [0, 0.05) is 17.3 Å². The van der Waals surface area contributed by atoms with Gasteiger partial charge in [0.1, 0.15) is 17.3 Å². The number of amides is 1. The van der Waals surface area contributed by atoms with Crippen LogP contribution in [0.5, 0.6) is 11.5 Å². The Balaban J connectivity index is 1.91. The molecule has 6 nitrogen and oxygen atoms in total. The van der Waals surface area contributed by atoms with E-state index in [1.54, 1.807) is 36.4 Å². The normalized spacial score (nSPS) is 17.1. The summed E-state index contributed by atoms with van der Waals surface area (Å²) in [5, 5.41) is 11.6. The van der Waals surface area contributed by atoms with Crippen LogP contribution in [0.1, 0.15) is 49.4 Å². The Morgan fingerprint density at radius 2 is 1.78 bits per heavy atom. The lowest BCUT2D eigenvalue weighted by molar-refractivity contribution is -0.132. The van der Waals surface area contributed by atoms with Crippen molar-refractivity contribution in [2.45, 2.75) is 32.7 Å². The van der Waals surface area contributed by atoms with Crippen LogP contribution in [0.3, 0.4) is 0 Å². The molecule has 7 heteroatoms. The largest absolute Gasteiger partial charge is 0.507 e. The van der Waals surface area contributed by atoms with E-state index in [2.05, 4.69) is 13.8 Å². The van der Waals surface area contributed by atoms with E-state index in [1.807, 2.05) is 31.2 Å². The van der Waals surface area contributed by atoms with Crippen LogP contribution in [0.25, 0.3) is 5.76 Å². The van der Waals surface area contributed by atoms with E-state index in [1.165, 1.54) is 18.1 Å². The number of ketones is 1. The van der Waals surface area contributed by atoms with Gasteiger partial charge in [-0.15, -0.1) is 0 Å². The molecule has 1 atom stereocenters. The second kappa shape index (κ2) is 10.5. The zero-order valence-corrected chi connectivity index (χ0v) is 21.4. The molecule has 3 aromatic rings. The van der Waals surface area contributed by atoms with E-state index in [-0.39, 0.29) is 16.4 Å². The van der Waals surface area contributed by atoms with Crippen LogP contribution in [0.15, 0.2) is 72.3 Å². The Morgan fingerprint density at radius 3 is 2.39 bits per heavy atom. The smallest absolute Gasteiger partial charge is 0.300 e. The van der Waals surface area contributed by atoms with Crippen LogP contribution >= 0.6 is 11.6 Å². The number of aliphatic hydroxyl groups excluding tert-OH is 1. The highest BCUT2D eigenvalue weighted by Gasteiger charge is 2.47. The van der Waals surface area contributed by atoms with E-state index < -0.39 is 17.7 Å². The summed E-state index contributed by atoms with van der Waals surface area (Å²) in [6.45, 7) is 6.51. The number of hydrogen-bond donors (Lipinski definition) is 1. The Hall–Kier alpha value is -3.77. The van der Waals surface area contributed by atoms with Crippen LogP contribution in [-0.4, -0.2) is 30.5 Å². The fourth-order valence-corrected chi connectivity index (χ4v) is 4.59. The number of nitrogens with zero attached hydrogens (tertiary/aromatic N) is 1. The maximum Gasteiger partial charge on any atom is 0.300 e. The number of halogens is 1. The van der Waals surface area contributed by atoms with Gasteiger partial charge in [0.05, 0.1) is 30.4 Å². The lowest BCUT2D eigenvalue weighted by Crippen LogP contribution is -2.29. The van der Waals surface area contributed by atoms with Crippen molar-refractivity contribution in [2.24, 2.45) is 0 Å². The number of hydrogen-bond acceptors (Lipinski definition) is 5. The first-order valence-electron chi connectivity index (χ1n) is 11.7. The van der Waals surface area contributed by atoms with E-state index in [9.17, 15) is 14.7 Å². The predicted molar refractivity (Wildman–Crippen MR) is 141 cm³/mol. The average Bonchev–Trinajstić information content (AvgIpc) is 3.14. The molecule has 0 saturated carbocycles. The van der Waals surface area contributed by atoms with Gasteiger partial charge in [-0.1, -0.05) is 55.8 Å². The van der Waals surface area contributed by atoms with Gasteiger partial charge in [0.25, 0.3) is 11.7 Å². The summed E-state index contributed by atoms with van der Waals surface area (Å²) in [7, 11) is 1.49. The summed E-state index contributed by atoms with van der Waals surface area (Å²) in [5.74, 6) is -0.495.